The van der Waals surface area contributed by atoms with E-state index in [4.69, 9.17) is 4.74 Å². The molecule has 0 bridgehead atoms. The van der Waals surface area contributed by atoms with Crippen LogP contribution in [0.2, 0.25) is 0 Å². The molecule has 1 aliphatic rings. The van der Waals surface area contributed by atoms with Gasteiger partial charge in [-0.25, -0.2) is 0 Å². The lowest BCUT2D eigenvalue weighted by Gasteiger charge is -2.26. The summed E-state index contributed by atoms with van der Waals surface area (Å²) in [6.07, 6.45) is 2.55. The zero-order chi connectivity index (χ0) is 15.9. The summed E-state index contributed by atoms with van der Waals surface area (Å²) in [5, 5.41) is 3.49. The minimum atomic E-state index is 0. The quantitative estimate of drug-likeness (QED) is 0.441. The molecule has 5 nitrogen and oxygen atoms in total. The van der Waals surface area contributed by atoms with Gasteiger partial charge in [0.15, 0.2) is 5.96 Å². The topological polar surface area (TPSA) is 40.1 Å². The minimum absolute atomic E-state index is 0. The molecule has 1 aromatic rings. The van der Waals surface area contributed by atoms with E-state index in [1.54, 1.807) is 7.11 Å². The predicted molar refractivity (Wildman–Crippen MR) is 107 cm³/mol. The second-order valence-electron chi connectivity index (χ2n) is 5.87. The summed E-state index contributed by atoms with van der Waals surface area (Å²) >= 11 is 0. The van der Waals surface area contributed by atoms with Gasteiger partial charge in [-0.3, -0.25) is 4.99 Å². The molecule has 1 unspecified atom stereocenters. The number of halogens is 1. The third kappa shape index (κ3) is 5.53. The molecule has 6 heteroatoms. The van der Waals surface area contributed by atoms with Crippen LogP contribution in [0.1, 0.15) is 18.4 Å². The summed E-state index contributed by atoms with van der Waals surface area (Å²) in [6, 6.07) is 8.72. The van der Waals surface area contributed by atoms with Crippen molar-refractivity contribution in [2.24, 2.45) is 4.99 Å². The van der Waals surface area contributed by atoms with Gasteiger partial charge >= 0.3 is 0 Å². The number of nitrogens with one attached hydrogen (secondary N) is 1. The van der Waals surface area contributed by atoms with Gasteiger partial charge in [-0.05, 0) is 32.5 Å². The number of methoxy groups -OCH3 is 1. The summed E-state index contributed by atoms with van der Waals surface area (Å²) in [6.45, 7) is 2.91. The summed E-state index contributed by atoms with van der Waals surface area (Å²) in [4.78, 5) is 8.95. The van der Waals surface area contributed by atoms with E-state index in [-0.39, 0.29) is 24.0 Å². The Hall–Kier alpha value is -1.02. The summed E-state index contributed by atoms with van der Waals surface area (Å²) in [5.74, 6) is 1.84. The van der Waals surface area contributed by atoms with Gasteiger partial charge in [-0.15, -0.1) is 24.0 Å². The maximum atomic E-state index is 5.42. The van der Waals surface area contributed by atoms with Crippen molar-refractivity contribution in [1.29, 1.82) is 0 Å². The molecule has 1 fully saturated rings. The second-order valence-corrected chi connectivity index (χ2v) is 5.87. The Morgan fingerprint density at radius 3 is 2.78 bits per heavy atom. The van der Waals surface area contributed by atoms with Crippen LogP contribution >= 0.6 is 24.0 Å². The van der Waals surface area contributed by atoms with Crippen molar-refractivity contribution in [1.82, 2.24) is 15.1 Å². The van der Waals surface area contributed by atoms with Gasteiger partial charge in [-0.2, -0.15) is 0 Å². The average molecular weight is 432 g/mol. The number of para-hydroxylation sites is 1. The van der Waals surface area contributed by atoms with Crippen LogP contribution in [0.4, 0.5) is 0 Å². The van der Waals surface area contributed by atoms with Crippen LogP contribution in [-0.4, -0.2) is 63.1 Å². The maximum Gasteiger partial charge on any atom is 0.193 e. The Morgan fingerprint density at radius 2 is 2.17 bits per heavy atom. The third-order valence-electron chi connectivity index (χ3n) is 4.34. The zero-order valence-electron chi connectivity index (χ0n) is 14.6. The van der Waals surface area contributed by atoms with Gasteiger partial charge in [0.1, 0.15) is 5.75 Å². The van der Waals surface area contributed by atoms with E-state index in [0.717, 1.165) is 30.4 Å². The first-order valence-electron chi connectivity index (χ1n) is 7.89. The summed E-state index contributed by atoms with van der Waals surface area (Å²) in [5.41, 5.74) is 1.16. The van der Waals surface area contributed by atoms with E-state index < -0.39 is 0 Å². The van der Waals surface area contributed by atoms with Crippen molar-refractivity contribution in [2.45, 2.75) is 25.4 Å². The standard InChI is InChI=1S/C17H28N4O.HI/c1-18-17(19-12-15-9-7-11-20(15)2)21(3)13-14-8-5-6-10-16(14)22-4;/h5-6,8,10,15H,7,9,11-13H2,1-4H3,(H,18,19);1H. The van der Waals surface area contributed by atoms with Crippen molar-refractivity contribution >= 4 is 29.9 Å². The molecule has 1 heterocycles. The molecule has 0 spiro atoms. The summed E-state index contributed by atoms with van der Waals surface area (Å²) in [7, 11) is 7.79. The molecular formula is C17H29IN4O. The molecule has 0 aromatic heterocycles. The number of guanidine groups is 1. The Kier molecular flexibility index (Phi) is 8.68. The van der Waals surface area contributed by atoms with Crippen molar-refractivity contribution in [3.8, 4) is 5.75 Å². The van der Waals surface area contributed by atoms with Gasteiger partial charge in [0.2, 0.25) is 0 Å². The lowest BCUT2D eigenvalue weighted by atomic mass is 10.2. The van der Waals surface area contributed by atoms with Crippen LogP contribution < -0.4 is 10.1 Å². The highest BCUT2D eigenvalue weighted by Crippen LogP contribution is 2.19. The number of nitrogens with zero attached hydrogens (tertiary/aromatic N) is 3. The molecule has 1 saturated heterocycles. The number of hydrogen-bond acceptors (Lipinski definition) is 3. The van der Waals surface area contributed by atoms with Crippen LogP contribution in [0.5, 0.6) is 5.75 Å². The molecule has 23 heavy (non-hydrogen) atoms. The van der Waals surface area contributed by atoms with Crippen LogP contribution in [-0.2, 0) is 6.54 Å². The van der Waals surface area contributed by atoms with E-state index >= 15 is 0 Å². The lowest BCUT2D eigenvalue weighted by Crippen LogP contribution is -2.44. The fourth-order valence-corrected chi connectivity index (χ4v) is 2.99. The molecule has 130 valence electrons. The van der Waals surface area contributed by atoms with Crippen molar-refractivity contribution < 1.29 is 4.74 Å². The Morgan fingerprint density at radius 1 is 1.43 bits per heavy atom. The maximum absolute atomic E-state index is 5.42. The normalized spacial score (nSPS) is 18.4. The SMILES string of the molecule is CN=C(NCC1CCCN1C)N(C)Cc1ccccc1OC.I. The van der Waals surface area contributed by atoms with Crippen LogP contribution in [0, 0.1) is 0 Å². The largest absolute Gasteiger partial charge is 0.496 e. The summed E-state index contributed by atoms with van der Waals surface area (Å²) < 4.78 is 5.42. The van der Waals surface area contributed by atoms with Gasteiger partial charge < -0.3 is 19.9 Å². The van der Waals surface area contributed by atoms with E-state index in [1.165, 1.54) is 19.4 Å². The molecule has 0 aliphatic carbocycles. The lowest BCUT2D eigenvalue weighted by molar-refractivity contribution is 0.306. The molecule has 1 atom stereocenters. The van der Waals surface area contributed by atoms with Crippen LogP contribution in [0.3, 0.4) is 0 Å². The third-order valence-corrected chi connectivity index (χ3v) is 4.34. The van der Waals surface area contributed by atoms with Crippen molar-refractivity contribution in [3.63, 3.8) is 0 Å². The van der Waals surface area contributed by atoms with Crippen LogP contribution in [0.25, 0.3) is 0 Å². The van der Waals surface area contributed by atoms with Crippen molar-refractivity contribution in [3.05, 3.63) is 29.8 Å². The zero-order valence-corrected chi connectivity index (χ0v) is 16.9. The Balaban J connectivity index is 0.00000264. The molecule has 1 aliphatic heterocycles. The fraction of sp³-hybridized carbons (Fsp3) is 0.588. The Bertz CT molecular complexity index is 509. The molecule has 0 radical (unpaired) electrons. The highest BCUT2D eigenvalue weighted by molar-refractivity contribution is 14.0. The number of benzene rings is 1. The monoisotopic (exact) mass is 432 g/mol. The predicted octanol–water partition coefficient (Wildman–Crippen LogP) is 2.41. The van der Waals surface area contributed by atoms with Gasteiger partial charge in [-0.1, -0.05) is 18.2 Å². The molecule has 0 saturated carbocycles. The minimum Gasteiger partial charge on any atom is -0.496 e. The van der Waals surface area contributed by atoms with Crippen LogP contribution in [0.15, 0.2) is 29.3 Å². The van der Waals surface area contributed by atoms with E-state index in [2.05, 4.69) is 40.3 Å². The number of likely N-dealkylation sites (tertiary alicyclic amines) is 1. The highest BCUT2D eigenvalue weighted by Gasteiger charge is 2.21. The van der Waals surface area contributed by atoms with Gasteiger partial charge in [0, 0.05) is 38.8 Å². The number of hydrogen-bond donors (Lipinski definition) is 1. The first kappa shape index (κ1) is 20.0. The molecule has 1 N–H and O–H groups in total. The Labute approximate surface area is 157 Å². The average Bonchev–Trinajstić information content (AvgIpc) is 2.94. The molecule has 0 amide bonds. The number of likely N-dealkylation sites (N-methyl/N-ethyl adjacent to an activating group) is 1. The molecule has 2 rings (SSSR count). The number of ether oxygens (including phenoxy) is 1. The first-order chi connectivity index (χ1) is 10.7. The van der Waals surface area contributed by atoms with Gasteiger partial charge in [0.05, 0.1) is 7.11 Å². The van der Waals surface area contributed by atoms with E-state index in [1.807, 2.05) is 25.2 Å². The highest BCUT2D eigenvalue weighted by atomic mass is 127. The second kappa shape index (κ2) is 9.97. The molecule has 1 aromatic carbocycles. The van der Waals surface area contributed by atoms with E-state index in [9.17, 15) is 0 Å². The first-order valence-corrected chi connectivity index (χ1v) is 7.89. The van der Waals surface area contributed by atoms with E-state index in [0.29, 0.717) is 6.04 Å². The number of aliphatic imine (C=N–C) groups is 1. The fourth-order valence-electron chi connectivity index (χ4n) is 2.99. The van der Waals surface area contributed by atoms with Crippen molar-refractivity contribution in [2.75, 3.05) is 41.3 Å². The van der Waals surface area contributed by atoms with Gasteiger partial charge in [0.25, 0.3) is 0 Å². The molecular weight excluding hydrogens is 403 g/mol. The number of rotatable bonds is 5. The smallest absolute Gasteiger partial charge is 0.193 e.